The molecule has 12 heteroatoms. The number of amidine groups is 1. The standard InChI is InChI=1S/C22H23N5O6.ClH/c23-19(24)13-1-3-14(4-2-13)25-20(29)17(28)18-21(30)26(9-11-32-18)15-5-7-16(8-6-15)27-10-12-33-22(27)31;/h1-8,17-18,28H,9-12H2,(H3,23,24)(H,25,29);1H/t17?,18-;/m1./s1. The van der Waals surface area contributed by atoms with Gasteiger partial charge in [-0.05, 0) is 48.5 Å². The molecule has 11 nitrogen and oxygen atoms in total. The first-order chi connectivity index (χ1) is 15.8. The number of cyclic esters (lactones) is 1. The number of halogens is 1. The topological polar surface area (TPSA) is 158 Å². The molecule has 2 aromatic carbocycles. The number of nitrogens with zero attached hydrogens (tertiary/aromatic N) is 2. The molecule has 2 aromatic rings. The van der Waals surface area contributed by atoms with Crippen molar-refractivity contribution < 1.29 is 29.0 Å². The van der Waals surface area contributed by atoms with Crippen LogP contribution in [0.2, 0.25) is 0 Å². The number of carbonyl (C=O) groups is 3. The van der Waals surface area contributed by atoms with Gasteiger partial charge in [-0.1, -0.05) is 0 Å². The van der Waals surface area contributed by atoms with E-state index in [0.717, 1.165) is 0 Å². The number of nitrogens with one attached hydrogen (secondary N) is 2. The maximum Gasteiger partial charge on any atom is 0.414 e. The number of anilines is 3. The Morgan fingerprint density at radius 3 is 2.18 bits per heavy atom. The van der Waals surface area contributed by atoms with Crippen LogP contribution in [0.25, 0.3) is 0 Å². The number of nitrogen functional groups attached to an aromatic ring is 1. The first kappa shape index (κ1) is 25.0. The number of morpholine rings is 1. The molecule has 0 bridgehead atoms. The second-order valence-corrected chi connectivity index (χ2v) is 7.49. The van der Waals surface area contributed by atoms with Crippen LogP contribution in [0.15, 0.2) is 48.5 Å². The lowest BCUT2D eigenvalue weighted by molar-refractivity contribution is -0.150. The number of carbonyl (C=O) groups excluding carboxylic acids is 3. The fourth-order valence-corrected chi connectivity index (χ4v) is 3.62. The number of benzene rings is 2. The second-order valence-electron chi connectivity index (χ2n) is 7.49. The van der Waals surface area contributed by atoms with Crippen LogP contribution in [0.4, 0.5) is 21.9 Å². The lowest BCUT2D eigenvalue weighted by Crippen LogP contribution is -2.55. The van der Waals surface area contributed by atoms with E-state index in [1.165, 1.54) is 21.9 Å². The number of aliphatic hydroxyl groups excluding tert-OH is 1. The number of hydrogen-bond acceptors (Lipinski definition) is 7. The quantitative estimate of drug-likeness (QED) is 0.349. The molecule has 5 N–H and O–H groups in total. The molecule has 4 rings (SSSR count). The van der Waals surface area contributed by atoms with Crippen molar-refractivity contribution in [3.63, 3.8) is 0 Å². The van der Waals surface area contributed by atoms with Crippen molar-refractivity contribution in [1.82, 2.24) is 0 Å². The van der Waals surface area contributed by atoms with Crippen LogP contribution >= 0.6 is 12.4 Å². The van der Waals surface area contributed by atoms with Crippen LogP contribution in [0.3, 0.4) is 0 Å². The van der Waals surface area contributed by atoms with Gasteiger partial charge < -0.3 is 30.5 Å². The van der Waals surface area contributed by atoms with Gasteiger partial charge >= 0.3 is 6.09 Å². The third-order valence-electron chi connectivity index (χ3n) is 5.37. The van der Waals surface area contributed by atoms with Crippen molar-refractivity contribution in [1.29, 1.82) is 5.41 Å². The normalized spacial score (nSPS) is 18.7. The zero-order valence-corrected chi connectivity index (χ0v) is 18.8. The first-order valence-corrected chi connectivity index (χ1v) is 10.3. The number of ether oxygens (including phenoxy) is 2. The Morgan fingerprint density at radius 2 is 1.62 bits per heavy atom. The van der Waals surface area contributed by atoms with Crippen LogP contribution in [-0.4, -0.2) is 67.4 Å². The van der Waals surface area contributed by atoms with Gasteiger partial charge in [-0.25, -0.2) is 4.79 Å². The Hall–Kier alpha value is -3.67. The molecule has 1 unspecified atom stereocenters. The van der Waals surface area contributed by atoms with Gasteiger partial charge in [0.05, 0.1) is 13.2 Å². The van der Waals surface area contributed by atoms with Gasteiger partial charge in [-0.2, -0.15) is 0 Å². The maximum atomic E-state index is 13.0. The minimum atomic E-state index is -1.73. The van der Waals surface area contributed by atoms with Crippen molar-refractivity contribution in [2.75, 3.05) is 41.4 Å². The highest BCUT2D eigenvalue weighted by Crippen LogP contribution is 2.26. The third kappa shape index (κ3) is 5.11. The van der Waals surface area contributed by atoms with Crippen LogP contribution in [0.1, 0.15) is 5.56 Å². The van der Waals surface area contributed by atoms with E-state index < -0.39 is 30.1 Å². The minimum absolute atomic E-state index is 0. The largest absolute Gasteiger partial charge is 0.447 e. The second kappa shape index (κ2) is 10.5. The van der Waals surface area contributed by atoms with Crippen LogP contribution in [0, 0.1) is 5.41 Å². The summed E-state index contributed by atoms with van der Waals surface area (Å²) in [6.07, 6.45) is -3.52. The van der Waals surface area contributed by atoms with E-state index in [1.807, 2.05) is 0 Å². The van der Waals surface area contributed by atoms with E-state index in [2.05, 4.69) is 5.32 Å². The Balaban J connectivity index is 0.00000324. The molecule has 2 aliphatic heterocycles. The zero-order chi connectivity index (χ0) is 23.5. The van der Waals surface area contributed by atoms with E-state index in [0.29, 0.717) is 35.8 Å². The fourth-order valence-electron chi connectivity index (χ4n) is 3.62. The summed E-state index contributed by atoms with van der Waals surface area (Å²) in [5.41, 5.74) is 7.47. The number of rotatable bonds is 6. The predicted octanol–water partition coefficient (Wildman–Crippen LogP) is 1.08. The van der Waals surface area contributed by atoms with Crippen molar-refractivity contribution >= 4 is 53.2 Å². The average Bonchev–Trinajstić information content (AvgIpc) is 3.25. The number of amides is 3. The molecule has 2 aliphatic rings. The number of nitrogens with two attached hydrogens (primary N) is 1. The Bertz CT molecular complexity index is 1080. The van der Waals surface area contributed by atoms with Gasteiger partial charge in [0, 0.05) is 29.2 Å². The van der Waals surface area contributed by atoms with E-state index in [-0.39, 0.29) is 31.4 Å². The summed E-state index contributed by atoms with van der Waals surface area (Å²) in [6.45, 7) is 1.16. The monoisotopic (exact) mass is 489 g/mol. The molecule has 180 valence electrons. The summed E-state index contributed by atoms with van der Waals surface area (Å²) in [5, 5.41) is 20.4. The smallest absolute Gasteiger partial charge is 0.414 e. The fraction of sp³-hybridized carbons (Fsp3) is 0.273. The molecule has 2 saturated heterocycles. The summed E-state index contributed by atoms with van der Waals surface area (Å²) in [4.78, 5) is 40.1. The van der Waals surface area contributed by atoms with Crippen LogP contribution in [-0.2, 0) is 19.1 Å². The summed E-state index contributed by atoms with van der Waals surface area (Å²) in [5.74, 6) is -1.46. The predicted molar refractivity (Wildman–Crippen MR) is 127 cm³/mol. The van der Waals surface area contributed by atoms with Crippen LogP contribution in [0.5, 0.6) is 0 Å². The Kier molecular flexibility index (Phi) is 7.72. The molecular weight excluding hydrogens is 466 g/mol. The molecule has 0 spiro atoms. The van der Waals surface area contributed by atoms with Crippen molar-refractivity contribution in [3.05, 3.63) is 54.1 Å². The molecule has 0 aliphatic carbocycles. The molecule has 0 saturated carbocycles. The number of hydrogen-bond donors (Lipinski definition) is 4. The van der Waals surface area contributed by atoms with Gasteiger partial charge in [0.1, 0.15) is 12.4 Å². The molecule has 2 heterocycles. The lowest BCUT2D eigenvalue weighted by atomic mass is 10.1. The molecule has 34 heavy (non-hydrogen) atoms. The van der Waals surface area contributed by atoms with Crippen molar-refractivity contribution in [2.45, 2.75) is 12.2 Å². The summed E-state index contributed by atoms with van der Waals surface area (Å²) >= 11 is 0. The van der Waals surface area contributed by atoms with Crippen molar-refractivity contribution in [3.8, 4) is 0 Å². The van der Waals surface area contributed by atoms with Crippen molar-refractivity contribution in [2.24, 2.45) is 5.73 Å². The highest BCUT2D eigenvalue weighted by Gasteiger charge is 2.39. The van der Waals surface area contributed by atoms with E-state index in [9.17, 15) is 19.5 Å². The van der Waals surface area contributed by atoms with E-state index in [1.54, 1.807) is 36.4 Å². The van der Waals surface area contributed by atoms with Gasteiger partial charge in [0.2, 0.25) is 0 Å². The lowest BCUT2D eigenvalue weighted by Gasteiger charge is -2.34. The highest BCUT2D eigenvalue weighted by atomic mass is 35.5. The summed E-state index contributed by atoms with van der Waals surface area (Å²) in [7, 11) is 0. The zero-order valence-electron chi connectivity index (χ0n) is 18.0. The Labute approximate surface area is 201 Å². The maximum absolute atomic E-state index is 13.0. The minimum Gasteiger partial charge on any atom is -0.447 e. The van der Waals surface area contributed by atoms with Gasteiger partial charge in [-0.15, -0.1) is 12.4 Å². The van der Waals surface area contributed by atoms with E-state index >= 15 is 0 Å². The Morgan fingerprint density at radius 1 is 1.03 bits per heavy atom. The van der Waals surface area contributed by atoms with Gasteiger partial charge in [0.25, 0.3) is 11.8 Å². The molecule has 0 aromatic heterocycles. The molecular formula is C22H24ClN5O6. The first-order valence-electron chi connectivity index (χ1n) is 10.3. The molecule has 2 atom stereocenters. The SMILES string of the molecule is Cl.N=C(N)c1ccc(NC(=O)C(O)[C@H]2OCCN(c3ccc(N4CCOC4=O)cc3)C2=O)cc1. The molecule has 2 fully saturated rings. The number of aliphatic hydroxyl groups is 1. The van der Waals surface area contributed by atoms with E-state index in [4.69, 9.17) is 20.6 Å². The van der Waals surface area contributed by atoms with Crippen LogP contribution < -0.4 is 20.9 Å². The van der Waals surface area contributed by atoms with Gasteiger partial charge in [-0.3, -0.25) is 19.9 Å². The average molecular weight is 490 g/mol. The highest BCUT2D eigenvalue weighted by molar-refractivity contribution is 6.04. The summed E-state index contributed by atoms with van der Waals surface area (Å²) < 4.78 is 10.3. The third-order valence-corrected chi connectivity index (χ3v) is 5.37. The molecule has 3 amide bonds. The summed E-state index contributed by atoms with van der Waals surface area (Å²) in [6, 6.07) is 13.0. The molecule has 0 radical (unpaired) electrons. The van der Waals surface area contributed by atoms with Gasteiger partial charge in [0.15, 0.2) is 12.2 Å².